The van der Waals surface area contributed by atoms with Crippen LogP contribution in [0.3, 0.4) is 0 Å². The molecule has 8 aromatic heterocycles. The summed E-state index contributed by atoms with van der Waals surface area (Å²) in [7, 11) is 1.37. The Morgan fingerprint density at radius 1 is 0.515 bits per heavy atom. The first-order valence-electron chi connectivity index (χ1n) is 29.7. The Bertz CT molecular complexity index is 4740. The van der Waals surface area contributed by atoms with Gasteiger partial charge in [-0.1, -0.05) is 25.5 Å². The second-order valence-electron chi connectivity index (χ2n) is 21.1. The average Bonchev–Trinajstić information content (AvgIpc) is 1.49. The minimum Gasteiger partial charge on any atom is -0.508 e. The molecule has 0 atom stereocenters. The van der Waals surface area contributed by atoms with Gasteiger partial charge in [0.25, 0.3) is 0 Å². The van der Waals surface area contributed by atoms with Gasteiger partial charge in [0.05, 0.1) is 54.0 Å². The van der Waals surface area contributed by atoms with Crippen LogP contribution in [0.25, 0.3) is 42.8 Å². The number of para-hydroxylation sites is 1. The first kappa shape index (κ1) is 72.5. The van der Waals surface area contributed by atoms with Gasteiger partial charge in [-0.25, -0.2) is 69.4 Å². The number of nitrogens with one attached hydrogen (secondary N) is 4. The number of aryl methyl sites for hydroxylation is 5. The van der Waals surface area contributed by atoms with E-state index in [1.54, 1.807) is 102 Å². The van der Waals surface area contributed by atoms with E-state index in [-0.39, 0.29) is 41.8 Å². The van der Waals surface area contributed by atoms with Crippen molar-refractivity contribution >= 4 is 104 Å². The quantitative estimate of drug-likeness (QED) is 0.0264. The molecule has 0 unspecified atom stereocenters. The van der Waals surface area contributed by atoms with Crippen molar-refractivity contribution in [1.29, 1.82) is 0 Å². The summed E-state index contributed by atoms with van der Waals surface area (Å²) in [5.74, 6) is -0.0468. The zero-order chi connectivity index (χ0) is 70.8. The summed E-state index contributed by atoms with van der Waals surface area (Å²) in [5.41, 5.74) is 5.41. The van der Waals surface area contributed by atoms with Crippen molar-refractivity contribution in [3.05, 3.63) is 206 Å². The van der Waals surface area contributed by atoms with Crippen LogP contribution in [0.5, 0.6) is 5.75 Å². The lowest BCUT2D eigenvalue weighted by Crippen LogP contribution is -2.09. The molecular formula is C67H60F6N16O6S4. The number of alkyl halides is 6. The molecular weight excluding hydrogens is 1370 g/mol. The average molecular weight is 1430 g/mol. The molecule has 8 heterocycles. The second-order valence-corrected chi connectivity index (χ2v) is 25.7. The maximum Gasteiger partial charge on any atom is 0.416 e. The number of phenolic OH excluding ortho intramolecular Hbond substituents is 1. The highest BCUT2D eigenvalue weighted by Crippen LogP contribution is 2.36. The van der Waals surface area contributed by atoms with E-state index >= 15 is 0 Å². The highest BCUT2D eigenvalue weighted by molar-refractivity contribution is 7.15. The maximum atomic E-state index is 12.9. The number of carbonyl (C=O) groups is 2. The fourth-order valence-electron chi connectivity index (χ4n) is 8.68. The molecule has 0 spiro atoms. The number of aromatic hydroxyl groups is 1. The molecule has 0 bridgehead atoms. The van der Waals surface area contributed by atoms with Crippen molar-refractivity contribution in [3.63, 3.8) is 0 Å². The highest BCUT2D eigenvalue weighted by Gasteiger charge is 2.32. The minimum atomic E-state index is -4.56. The van der Waals surface area contributed by atoms with Crippen LogP contribution in [0.15, 0.2) is 152 Å². The third kappa shape index (κ3) is 20.9. The number of methoxy groups -OCH3 is 1. The number of unbranched alkanes of at least 4 members (excludes halogenated alkanes) is 1. The van der Waals surface area contributed by atoms with E-state index in [0.717, 1.165) is 78.3 Å². The third-order valence-corrected chi connectivity index (χ3v) is 17.0. The summed E-state index contributed by atoms with van der Waals surface area (Å²) in [6, 6.07) is 25.9. The van der Waals surface area contributed by atoms with Crippen molar-refractivity contribution in [1.82, 2.24) is 59.8 Å². The summed E-state index contributed by atoms with van der Waals surface area (Å²) in [4.78, 5) is 78.3. The summed E-state index contributed by atoms with van der Waals surface area (Å²) in [6.45, 7) is 11.7. The van der Waals surface area contributed by atoms with Gasteiger partial charge in [0.15, 0.2) is 0 Å². The molecule has 0 amide bonds. The Kier molecular flexibility index (Phi) is 24.5. The Morgan fingerprint density at radius 3 is 1.44 bits per heavy atom. The first-order valence-corrected chi connectivity index (χ1v) is 33.0. The van der Waals surface area contributed by atoms with E-state index in [1.807, 2.05) is 64.4 Å². The lowest BCUT2D eigenvalue weighted by atomic mass is 10.1. The molecule has 12 aromatic rings. The van der Waals surface area contributed by atoms with Crippen LogP contribution in [0, 0.1) is 34.6 Å². The van der Waals surface area contributed by atoms with Gasteiger partial charge in [-0.3, -0.25) is 0 Å². The SMILES string of the molecule is CCCCOC(=O)c1ccccc1Nc1nccc(-c2ncc(C)s2)n1.COC(=O)c1ccc(Nc2nccc(-c3ncc(C)s3)n2)cc1C.Cc1cc(Nc2nccc(-c3nc(CO)cs3)n2)cc(C(F)(F)F)c1.Cc1cnc(-c2ccnc(Nc3cc(O)cc(C(F)(F)F)c3)n2)s1. The van der Waals surface area contributed by atoms with Gasteiger partial charge < -0.3 is 41.0 Å². The summed E-state index contributed by atoms with van der Waals surface area (Å²) in [5, 5.41) is 35.0. The monoisotopic (exact) mass is 1430 g/mol. The zero-order valence-electron chi connectivity index (χ0n) is 53.6. The van der Waals surface area contributed by atoms with E-state index in [9.17, 15) is 41.0 Å². The van der Waals surface area contributed by atoms with Crippen LogP contribution in [-0.4, -0.2) is 95.7 Å². The maximum absolute atomic E-state index is 12.9. The molecule has 32 heteroatoms. The van der Waals surface area contributed by atoms with Gasteiger partial charge in [0.2, 0.25) is 23.8 Å². The standard InChI is InChI=1S/C19H20N4O2S.C17H16N4O2S.C16H13F3N4OS.C15H11F3N4OS/c1-3-4-11-25-18(24)14-7-5-6-8-15(14)22-19-20-10-9-16(23-19)17-21-12-13(2)26-17;1-10-8-12(4-5-13(10)16(22)23-3)20-17-18-7-6-14(21-17)15-19-9-11(2)24-15;1-9-4-10(16(17,18)19)6-11(5-9)22-15-20-3-2-13(23-15)14-21-12(7-24)8-25-14;1-8-7-20-13(24-8)12-2-3-19-14(22-12)21-10-4-9(15(16,17)18)5-11(23)6-10/h5-10,12H,3-4,11H2,1-2H3,(H,20,22,23);4-9H,1-3H3,(H,18,20,21);2-6,8,24H,7H2,1H3,(H,20,22,23);2-7,23H,1H3,(H,19,21,22). The Balaban J connectivity index is 0.000000154. The van der Waals surface area contributed by atoms with Gasteiger partial charge in [0, 0.05) is 86.5 Å². The van der Waals surface area contributed by atoms with Gasteiger partial charge in [-0.2, -0.15) is 26.3 Å². The van der Waals surface area contributed by atoms with E-state index in [0.29, 0.717) is 74.0 Å². The fourth-order valence-corrected chi connectivity index (χ4v) is 11.7. The van der Waals surface area contributed by atoms with Crippen molar-refractivity contribution < 1.29 is 55.6 Å². The lowest BCUT2D eigenvalue weighted by Gasteiger charge is -2.11. The minimum absolute atomic E-state index is 0.0368. The second kappa shape index (κ2) is 33.4. The number of hydrogen-bond donors (Lipinski definition) is 6. The van der Waals surface area contributed by atoms with Crippen molar-refractivity contribution in [3.8, 4) is 48.6 Å². The van der Waals surface area contributed by atoms with Crippen molar-refractivity contribution in [2.24, 2.45) is 0 Å². The number of benzene rings is 4. The number of carbonyl (C=O) groups excluding carboxylic acids is 2. The molecule has 0 aliphatic carbocycles. The summed E-state index contributed by atoms with van der Waals surface area (Å²) >= 11 is 5.92. The van der Waals surface area contributed by atoms with E-state index < -0.39 is 29.2 Å². The smallest absolute Gasteiger partial charge is 0.416 e. The highest BCUT2D eigenvalue weighted by atomic mass is 32.1. The predicted molar refractivity (Wildman–Crippen MR) is 369 cm³/mol. The topological polar surface area (TPSA) is 296 Å². The predicted octanol–water partition coefficient (Wildman–Crippen LogP) is 16.9. The normalized spacial score (nSPS) is 11.0. The molecule has 510 valence electrons. The molecule has 0 fully saturated rings. The number of aliphatic hydroxyl groups is 1. The zero-order valence-corrected chi connectivity index (χ0v) is 56.8. The molecule has 4 aromatic carbocycles. The Morgan fingerprint density at radius 2 is 0.990 bits per heavy atom. The first-order chi connectivity index (χ1) is 47.4. The van der Waals surface area contributed by atoms with Gasteiger partial charge in [0.1, 0.15) is 48.6 Å². The molecule has 0 radical (unpaired) electrons. The van der Waals surface area contributed by atoms with Gasteiger partial charge in [-0.05, 0) is 137 Å². The van der Waals surface area contributed by atoms with Crippen LogP contribution < -0.4 is 21.3 Å². The summed E-state index contributed by atoms with van der Waals surface area (Å²) in [6.07, 6.45) is 4.52. The van der Waals surface area contributed by atoms with E-state index in [4.69, 9.17) is 14.6 Å². The van der Waals surface area contributed by atoms with Crippen molar-refractivity contribution in [2.45, 2.75) is 73.3 Å². The fraction of sp³-hybridized carbons (Fsp3) is 0.194. The van der Waals surface area contributed by atoms with Crippen molar-refractivity contribution in [2.75, 3.05) is 35.0 Å². The van der Waals surface area contributed by atoms with Crippen LogP contribution in [0.2, 0.25) is 0 Å². The van der Waals surface area contributed by atoms with Crippen LogP contribution in [-0.2, 0) is 28.4 Å². The number of aromatic nitrogens is 12. The number of ether oxygens (including phenoxy) is 2. The van der Waals surface area contributed by atoms with Crippen LogP contribution in [0.1, 0.15) is 83.1 Å². The number of anilines is 8. The number of rotatable bonds is 18. The third-order valence-electron chi connectivity index (χ3n) is 13.3. The number of thiazole rings is 4. The van der Waals surface area contributed by atoms with E-state index in [1.165, 1.54) is 48.2 Å². The molecule has 0 saturated heterocycles. The number of hydrogen-bond acceptors (Lipinski definition) is 26. The number of phenols is 1. The summed E-state index contributed by atoms with van der Waals surface area (Å²) < 4.78 is 87.2. The molecule has 99 heavy (non-hydrogen) atoms. The van der Waals surface area contributed by atoms with Gasteiger partial charge >= 0.3 is 24.3 Å². The van der Waals surface area contributed by atoms with Gasteiger partial charge in [-0.15, -0.1) is 45.3 Å². The van der Waals surface area contributed by atoms with E-state index in [2.05, 4.69) is 88.0 Å². The van der Waals surface area contributed by atoms with Crippen LogP contribution in [0.4, 0.5) is 72.9 Å². The molecule has 0 aliphatic heterocycles. The molecule has 0 saturated carbocycles. The Hall–Kier alpha value is -10.8. The molecule has 22 nitrogen and oxygen atoms in total. The largest absolute Gasteiger partial charge is 0.508 e. The number of nitrogens with zero attached hydrogens (tertiary/aromatic N) is 12. The molecule has 12 rings (SSSR count). The molecule has 0 aliphatic rings. The molecule has 6 N–H and O–H groups in total. The lowest BCUT2D eigenvalue weighted by molar-refractivity contribution is -0.138. The van der Waals surface area contributed by atoms with Crippen LogP contribution >= 0.6 is 45.3 Å². The number of aliphatic hydroxyl groups excluding tert-OH is 1. The number of halogens is 6. The Labute approximate surface area is 578 Å². The number of esters is 2.